The van der Waals surface area contributed by atoms with Crippen LogP contribution in [0.3, 0.4) is 0 Å². The summed E-state index contributed by atoms with van der Waals surface area (Å²) in [5.41, 5.74) is 4.68. The Morgan fingerprint density at radius 2 is 1.18 bits per heavy atom. The molecule has 1 radical (unpaired) electrons. The number of halogens is 6. The van der Waals surface area contributed by atoms with Crippen molar-refractivity contribution in [2.75, 3.05) is 14.2 Å². The Morgan fingerprint density at radius 3 is 1.63 bits per heavy atom. The average Bonchev–Trinajstić information content (AvgIpc) is 3.71. The summed E-state index contributed by atoms with van der Waals surface area (Å²) in [6, 6.07) is 20.9. The van der Waals surface area contributed by atoms with Crippen molar-refractivity contribution in [2.45, 2.75) is 26.6 Å². The van der Waals surface area contributed by atoms with Crippen LogP contribution in [0.1, 0.15) is 33.9 Å². The Balaban J connectivity index is 0.000000205. The fourth-order valence-electron chi connectivity index (χ4n) is 4.41. The number of aromatic amines is 1. The van der Waals surface area contributed by atoms with Gasteiger partial charge in [-0.05, 0) is 98.5 Å². The molecule has 4 heterocycles. The highest BCUT2D eigenvalue weighted by molar-refractivity contribution is 6.17. The zero-order valence-corrected chi connectivity index (χ0v) is 30.3. The van der Waals surface area contributed by atoms with E-state index in [0.29, 0.717) is 42.1 Å². The molecule has 6 aromatic rings. The van der Waals surface area contributed by atoms with Gasteiger partial charge in [-0.25, -0.2) is 9.97 Å². The lowest BCUT2D eigenvalue weighted by atomic mass is 10.2. The van der Waals surface area contributed by atoms with Crippen LogP contribution in [0.4, 0.5) is 26.3 Å². The van der Waals surface area contributed by atoms with Crippen LogP contribution in [0, 0.1) is 37.5 Å². The predicted octanol–water partition coefficient (Wildman–Crippen LogP) is 6.89. The lowest BCUT2D eigenvalue weighted by Gasteiger charge is -2.10. The van der Waals surface area contributed by atoms with Gasteiger partial charge in [0, 0.05) is 12.4 Å². The first-order valence-corrected chi connectivity index (χ1v) is 16.1. The molecule has 0 saturated carbocycles. The SMILES string of the molecule is COc1c(C#Cc2ccccn2)c(C)nn1-c1ccc(OC(F)(F)F)cc1.COc1n[nH]c(C)c1C#Cc1ccccn1.O[B]Oc1ccc(OC(F)(F)F)cc1. The number of benzene rings is 2. The van der Waals surface area contributed by atoms with Crippen LogP contribution in [0.2, 0.25) is 0 Å². The third-order valence-corrected chi connectivity index (χ3v) is 6.84. The van der Waals surface area contributed by atoms with Gasteiger partial charge in [-0.1, -0.05) is 24.0 Å². The number of hydrogen-bond donors (Lipinski definition) is 2. The van der Waals surface area contributed by atoms with Gasteiger partial charge in [0.25, 0.3) is 0 Å². The summed E-state index contributed by atoms with van der Waals surface area (Å²) in [6.45, 7) is 3.67. The summed E-state index contributed by atoms with van der Waals surface area (Å²) in [5, 5.41) is 19.4. The minimum Gasteiger partial charge on any atom is -0.537 e. The molecule has 0 aliphatic heterocycles. The quantitative estimate of drug-likeness (QED) is 0.0999. The summed E-state index contributed by atoms with van der Waals surface area (Å²) in [5.74, 6) is 12.3. The molecule has 0 unspecified atom stereocenters. The largest absolute Gasteiger partial charge is 0.573 e. The minimum absolute atomic E-state index is 0.210. The Morgan fingerprint density at radius 1 is 0.667 bits per heavy atom. The molecule has 19 heteroatoms. The highest BCUT2D eigenvalue weighted by Crippen LogP contribution is 2.28. The Kier molecular flexibility index (Phi) is 14.9. The van der Waals surface area contributed by atoms with Crippen molar-refractivity contribution in [3.05, 3.63) is 131 Å². The van der Waals surface area contributed by atoms with Crippen molar-refractivity contribution in [3.8, 4) is 58.4 Å². The van der Waals surface area contributed by atoms with E-state index in [2.05, 4.69) is 63.1 Å². The number of H-pyrrole nitrogens is 1. The van der Waals surface area contributed by atoms with Gasteiger partial charge in [0.1, 0.15) is 39.8 Å². The van der Waals surface area contributed by atoms with Crippen molar-refractivity contribution >= 4 is 7.69 Å². The second-order valence-electron chi connectivity index (χ2n) is 10.8. The molecule has 0 aliphatic carbocycles. The van der Waals surface area contributed by atoms with Gasteiger partial charge in [0.2, 0.25) is 11.8 Å². The van der Waals surface area contributed by atoms with Gasteiger partial charge < -0.3 is 28.6 Å². The third kappa shape index (κ3) is 13.6. The van der Waals surface area contributed by atoms with Crippen LogP contribution in [0.5, 0.6) is 29.0 Å². The Hall–Kier alpha value is -7.12. The van der Waals surface area contributed by atoms with Crippen molar-refractivity contribution in [1.29, 1.82) is 0 Å². The number of hydrogen-bond acceptors (Lipinski definition) is 10. The number of rotatable bonds is 7. The maximum Gasteiger partial charge on any atom is 0.573 e. The number of nitrogens with zero attached hydrogens (tertiary/aromatic N) is 5. The molecule has 293 valence electrons. The van der Waals surface area contributed by atoms with Crippen molar-refractivity contribution < 1.29 is 55.0 Å². The molecule has 12 nitrogen and oxygen atoms in total. The van der Waals surface area contributed by atoms with E-state index in [1.165, 1.54) is 48.2 Å². The lowest BCUT2D eigenvalue weighted by molar-refractivity contribution is -0.275. The second kappa shape index (κ2) is 20.0. The Bertz CT molecular complexity index is 2300. The molecule has 0 bridgehead atoms. The molecule has 0 atom stereocenters. The molecule has 0 spiro atoms. The van der Waals surface area contributed by atoms with Crippen LogP contribution in [0.25, 0.3) is 5.69 Å². The summed E-state index contributed by atoms with van der Waals surface area (Å²) < 4.78 is 95.9. The monoisotopic (exact) mass is 791 g/mol. The van der Waals surface area contributed by atoms with Crippen LogP contribution in [-0.4, -0.2) is 69.6 Å². The Labute approximate surface area is 322 Å². The van der Waals surface area contributed by atoms with E-state index in [4.69, 9.17) is 14.5 Å². The van der Waals surface area contributed by atoms with E-state index in [0.717, 1.165) is 29.1 Å². The van der Waals surface area contributed by atoms with E-state index in [9.17, 15) is 26.3 Å². The smallest absolute Gasteiger partial charge is 0.537 e. The highest BCUT2D eigenvalue weighted by atomic mass is 19.4. The van der Waals surface area contributed by atoms with E-state index in [1.807, 2.05) is 31.2 Å². The number of ether oxygens (including phenoxy) is 4. The van der Waals surface area contributed by atoms with Crippen LogP contribution < -0.4 is 23.6 Å². The zero-order valence-electron chi connectivity index (χ0n) is 30.3. The van der Waals surface area contributed by atoms with Gasteiger partial charge >= 0.3 is 20.4 Å². The number of pyridine rings is 2. The zero-order chi connectivity index (χ0) is 41.4. The summed E-state index contributed by atoms with van der Waals surface area (Å²) >= 11 is 0. The minimum atomic E-state index is -4.74. The van der Waals surface area contributed by atoms with Gasteiger partial charge in [0.15, 0.2) is 0 Å². The van der Waals surface area contributed by atoms with Crippen molar-refractivity contribution in [3.63, 3.8) is 0 Å². The summed E-state index contributed by atoms with van der Waals surface area (Å²) in [4.78, 5) is 8.25. The normalized spacial score (nSPS) is 10.4. The van der Waals surface area contributed by atoms with Gasteiger partial charge in [0.05, 0.1) is 31.3 Å². The number of aryl methyl sites for hydroxylation is 2. The molecule has 0 amide bonds. The van der Waals surface area contributed by atoms with E-state index in [1.54, 1.807) is 38.6 Å². The number of nitrogens with one attached hydrogen (secondary N) is 1. The molecule has 0 saturated heterocycles. The van der Waals surface area contributed by atoms with Crippen molar-refractivity contribution in [2.24, 2.45) is 0 Å². The van der Waals surface area contributed by atoms with E-state index in [-0.39, 0.29) is 17.2 Å². The molecule has 0 fully saturated rings. The maximum absolute atomic E-state index is 12.3. The first kappa shape index (κ1) is 42.6. The molecular formula is C38H30BF6N6O6. The highest BCUT2D eigenvalue weighted by Gasteiger charge is 2.31. The summed E-state index contributed by atoms with van der Waals surface area (Å²) in [7, 11) is 3.47. The first-order chi connectivity index (χ1) is 27.2. The fraction of sp³-hybridized carbons (Fsp3) is 0.158. The standard InChI is InChI=1S/C19H14F3N3O2.C12H11N3O.C7H5BF3O3/c1-13-17(11-6-14-5-3-4-12-23-14)18(26-2)25(24-13)15-7-9-16(10-8-15)27-19(20,21)22;1-9-11(12(16-2)15-14-9)7-6-10-5-3-4-8-13-10;9-7(10,11)13-5-1-3-6(4-2-5)14-8-12/h3-5,7-10,12H,1-2H3;3-5,8H,1-2H3,(H,14,15);1-4,12H. The average molecular weight is 791 g/mol. The molecule has 2 aromatic carbocycles. The van der Waals surface area contributed by atoms with E-state index >= 15 is 0 Å². The molecule has 0 aliphatic rings. The maximum atomic E-state index is 12.3. The second-order valence-corrected chi connectivity index (χ2v) is 10.8. The van der Waals surface area contributed by atoms with Crippen LogP contribution in [-0.2, 0) is 0 Å². The number of aromatic nitrogens is 6. The first-order valence-electron chi connectivity index (χ1n) is 16.1. The van der Waals surface area contributed by atoms with E-state index < -0.39 is 12.7 Å². The molecule has 57 heavy (non-hydrogen) atoms. The molecule has 6 rings (SSSR count). The van der Waals surface area contributed by atoms with Crippen LogP contribution >= 0.6 is 0 Å². The molecular weight excluding hydrogens is 761 g/mol. The fourth-order valence-corrected chi connectivity index (χ4v) is 4.41. The van der Waals surface area contributed by atoms with Gasteiger partial charge in [-0.2, -0.15) is 9.78 Å². The molecule has 4 aromatic heterocycles. The molecule has 2 N–H and O–H groups in total. The van der Waals surface area contributed by atoms with Crippen LogP contribution in [0.15, 0.2) is 97.3 Å². The van der Waals surface area contributed by atoms with Crippen molar-refractivity contribution in [1.82, 2.24) is 29.9 Å². The predicted molar refractivity (Wildman–Crippen MR) is 194 cm³/mol. The number of alkyl halides is 6. The lowest BCUT2D eigenvalue weighted by Crippen LogP contribution is -2.17. The summed E-state index contributed by atoms with van der Waals surface area (Å²) in [6.07, 6.45) is -6.09. The third-order valence-electron chi connectivity index (χ3n) is 6.84. The topological polar surface area (TPSA) is 139 Å². The van der Waals surface area contributed by atoms with Gasteiger partial charge in [-0.15, -0.1) is 31.4 Å². The number of methoxy groups -OCH3 is 2. The van der Waals surface area contributed by atoms with Gasteiger partial charge in [-0.3, -0.25) is 5.10 Å².